The summed E-state index contributed by atoms with van der Waals surface area (Å²) in [7, 11) is 0. The maximum Gasteiger partial charge on any atom is 0.336 e. The molecule has 0 saturated carbocycles. The van der Waals surface area contributed by atoms with Gasteiger partial charge in [-0.25, -0.2) is 13.6 Å². The van der Waals surface area contributed by atoms with Crippen LogP contribution in [0.1, 0.15) is 27.6 Å². The number of nitrogens with zero attached hydrogens (tertiary/aromatic N) is 1. The van der Waals surface area contributed by atoms with Crippen molar-refractivity contribution in [2.75, 3.05) is 13.1 Å². The molecule has 1 aromatic rings. The van der Waals surface area contributed by atoms with Gasteiger partial charge in [-0.15, -0.1) is 0 Å². The van der Waals surface area contributed by atoms with Crippen LogP contribution >= 0.6 is 0 Å². The highest BCUT2D eigenvalue weighted by atomic mass is 19.2. The number of piperazine rings is 1. The smallest absolute Gasteiger partial charge is 0.336 e. The summed E-state index contributed by atoms with van der Waals surface area (Å²) in [5.41, 5.74) is -1.12. The Kier molecular flexibility index (Phi) is 3.88. The van der Waals surface area contributed by atoms with Gasteiger partial charge in [0.15, 0.2) is 11.6 Å². The van der Waals surface area contributed by atoms with Crippen molar-refractivity contribution in [1.82, 2.24) is 10.2 Å². The lowest BCUT2D eigenvalue weighted by Crippen LogP contribution is -2.56. The molecule has 0 spiro atoms. The zero-order valence-corrected chi connectivity index (χ0v) is 11.0. The molecular weight excluding hydrogens is 286 g/mol. The van der Waals surface area contributed by atoms with Crippen molar-refractivity contribution < 1.29 is 28.3 Å². The van der Waals surface area contributed by atoms with E-state index in [9.17, 15) is 23.2 Å². The Hall–Kier alpha value is -2.51. The van der Waals surface area contributed by atoms with E-state index < -0.39 is 46.6 Å². The van der Waals surface area contributed by atoms with Crippen molar-refractivity contribution in [3.63, 3.8) is 0 Å². The Bertz CT molecular complexity index is 633. The average molecular weight is 298 g/mol. The van der Waals surface area contributed by atoms with Crippen LogP contribution in [0.5, 0.6) is 0 Å². The third-order valence-corrected chi connectivity index (χ3v) is 3.28. The van der Waals surface area contributed by atoms with E-state index in [0.29, 0.717) is 12.1 Å². The van der Waals surface area contributed by atoms with E-state index in [0.717, 1.165) is 4.90 Å². The summed E-state index contributed by atoms with van der Waals surface area (Å²) in [5, 5.41) is 11.5. The lowest BCUT2D eigenvalue weighted by atomic mass is 10.0. The first-order chi connectivity index (χ1) is 9.82. The molecule has 1 atom stereocenters. The molecule has 1 fully saturated rings. The second-order valence-electron chi connectivity index (χ2n) is 4.58. The van der Waals surface area contributed by atoms with Crippen LogP contribution < -0.4 is 5.32 Å². The summed E-state index contributed by atoms with van der Waals surface area (Å²) >= 11 is 0. The largest absolute Gasteiger partial charge is 0.478 e. The zero-order chi connectivity index (χ0) is 15.7. The molecule has 0 aliphatic carbocycles. The van der Waals surface area contributed by atoms with Gasteiger partial charge in [-0.3, -0.25) is 9.59 Å². The molecule has 2 rings (SSSR count). The number of aromatic carboxylic acids is 1. The Morgan fingerprint density at radius 1 is 1.29 bits per heavy atom. The summed E-state index contributed by atoms with van der Waals surface area (Å²) in [4.78, 5) is 36.1. The van der Waals surface area contributed by atoms with Crippen LogP contribution in [0.25, 0.3) is 0 Å². The molecule has 112 valence electrons. The first kappa shape index (κ1) is 14.9. The highest BCUT2D eigenvalue weighted by Gasteiger charge is 2.32. The van der Waals surface area contributed by atoms with Crippen molar-refractivity contribution in [2.24, 2.45) is 0 Å². The Morgan fingerprint density at radius 3 is 2.43 bits per heavy atom. The third-order valence-electron chi connectivity index (χ3n) is 3.28. The van der Waals surface area contributed by atoms with Crippen LogP contribution in [0.2, 0.25) is 0 Å². The maximum absolute atomic E-state index is 13.3. The topological polar surface area (TPSA) is 86.7 Å². The zero-order valence-electron chi connectivity index (χ0n) is 11.0. The second-order valence-corrected chi connectivity index (χ2v) is 4.58. The van der Waals surface area contributed by atoms with E-state index in [-0.39, 0.29) is 13.1 Å². The van der Waals surface area contributed by atoms with Crippen molar-refractivity contribution >= 4 is 17.8 Å². The molecule has 0 radical (unpaired) electrons. The minimum absolute atomic E-state index is 0.157. The van der Waals surface area contributed by atoms with Crippen LogP contribution in [0, 0.1) is 11.6 Å². The minimum Gasteiger partial charge on any atom is -0.478 e. The summed E-state index contributed by atoms with van der Waals surface area (Å²) in [6, 6.07) is 0.181. The third kappa shape index (κ3) is 2.69. The van der Waals surface area contributed by atoms with E-state index in [4.69, 9.17) is 5.11 Å². The van der Waals surface area contributed by atoms with Crippen LogP contribution in [0.15, 0.2) is 12.1 Å². The monoisotopic (exact) mass is 298 g/mol. The van der Waals surface area contributed by atoms with Gasteiger partial charge in [-0.2, -0.15) is 0 Å². The predicted molar refractivity (Wildman–Crippen MR) is 66.8 cm³/mol. The molecule has 2 N–H and O–H groups in total. The molecule has 1 unspecified atom stereocenters. The molecule has 1 aromatic carbocycles. The first-order valence-electron chi connectivity index (χ1n) is 6.14. The second kappa shape index (κ2) is 5.47. The highest BCUT2D eigenvalue weighted by molar-refractivity contribution is 6.06. The lowest BCUT2D eigenvalue weighted by molar-refractivity contribution is -0.127. The van der Waals surface area contributed by atoms with Gasteiger partial charge in [-0.1, -0.05) is 0 Å². The van der Waals surface area contributed by atoms with E-state index in [1.807, 2.05) is 0 Å². The number of nitrogens with one attached hydrogen (secondary N) is 1. The average Bonchev–Trinajstić information content (AvgIpc) is 2.43. The first-order valence-corrected chi connectivity index (χ1v) is 6.14. The molecule has 21 heavy (non-hydrogen) atoms. The minimum atomic E-state index is -1.55. The van der Waals surface area contributed by atoms with Crippen molar-refractivity contribution in [3.8, 4) is 0 Å². The summed E-state index contributed by atoms with van der Waals surface area (Å²) in [6.07, 6.45) is 0. The number of amides is 2. The van der Waals surface area contributed by atoms with E-state index in [1.54, 1.807) is 0 Å². The fourth-order valence-corrected chi connectivity index (χ4v) is 2.12. The number of carboxylic acid groups (broad SMARTS) is 1. The quantitative estimate of drug-likeness (QED) is 0.838. The van der Waals surface area contributed by atoms with E-state index in [2.05, 4.69) is 5.32 Å². The van der Waals surface area contributed by atoms with Crippen molar-refractivity contribution in [1.29, 1.82) is 0 Å². The van der Waals surface area contributed by atoms with Gasteiger partial charge in [0.1, 0.15) is 6.04 Å². The summed E-state index contributed by atoms with van der Waals surface area (Å²) < 4.78 is 26.4. The fourth-order valence-electron chi connectivity index (χ4n) is 2.12. The number of benzene rings is 1. The van der Waals surface area contributed by atoms with Gasteiger partial charge in [0, 0.05) is 13.1 Å². The molecule has 1 aliphatic rings. The van der Waals surface area contributed by atoms with Gasteiger partial charge >= 0.3 is 5.97 Å². The van der Waals surface area contributed by atoms with E-state index in [1.165, 1.54) is 6.92 Å². The van der Waals surface area contributed by atoms with Gasteiger partial charge in [-0.05, 0) is 19.1 Å². The molecule has 1 heterocycles. The number of halogens is 2. The van der Waals surface area contributed by atoms with Crippen LogP contribution in [-0.4, -0.2) is 46.9 Å². The van der Waals surface area contributed by atoms with E-state index >= 15 is 0 Å². The van der Waals surface area contributed by atoms with Crippen molar-refractivity contribution in [2.45, 2.75) is 13.0 Å². The lowest BCUT2D eigenvalue weighted by Gasteiger charge is -2.33. The number of hydrogen-bond acceptors (Lipinski definition) is 3. The molecule has 2 amide bonds. The van der Waals surface area contributed by atoms with Gasteiger partial charge < -0.3 is 15.3 Å². The number of hydrogen-bond donors (Lipinski definition) is 2. The Morgan fingerprint density at radius 2 is 1.86 bits per heavy atom. The van der Waals surface area contributed by atoms with Gasteiger partial charge in [0.2, 0.25) is 5.91 Å². The van der Waals surface area contributed by atoms with Crippen molar-refractivity contribution in [3.05, 3.63) is 34.9 Å². The molecule has 0 bridgehead atoms. The van der Waals surface area contributed by atoms with Crippen LogP contribution in [0.3, 0.4) is 0 Å². The van der Waals surface area contributed by atoms with Gasteiger partial charge in [0.25, 0.3) is 5.91 Å². The fraction of sp³-hybridized carbons (Fsp3) is 0.308. The maximum atomic E-state index is 13.3. The number of carbonyl (C=O) groups is 3. The normalized spacial score (nSPS) is 18.3. The Labute approximate surface area is 118 Å². The predicted octanol–water partition coefficient (Wildman–Crippen LogP) is 0.624. The van der Waals surface area contributed by atoms with Crippen LogP contribution in [0.4, 0.5) is 8.78 Å². The summed E-state index contributed by atoms with van der Waals surface area (Å²) in [6.45, 7) is 1.83. The molecule has 8 heteroatoms. The highest BCUT2D eigenvalue weighted by Crippen LogP contribution is 2.19. The molecular formula is C13H12F2N2O4. The summed E-state index contributed by atoms with van der Waals surface area (Å²) in [5.74, 6) is -5.44. The van der Waals surface area contributed by atoms with Crippen LogP contribution in [-0.2, 0) is 4.79 Å². The molecule has 1 saturated heterocycles. The molecule has 1 aliphatic heterocycles. The number of carboxylic acids is 1. The molecule has 6 nitrogen and oxygen atoms in total. The molecule has 0 aromatic heterocycles. The van der Waals surface area contributed by atoms with Gasteiger partial charge in [0.05, 0.1) is 11.1 Å². The Balaban J connectivity index is 2.45. The standard InChI is InChI=1S/C13H12F2N2O4/c1-6-11(18)16-2-3-17(6)12(19)7-4-9(14)10(15)5-8(7)13(20)21/h4-6H,2-3H2,1H3,(H,16,18)(H,20,21). The number of rotatable bonds is 2. The SMILES string of the molecule is CC1C(=O)NCCN1C(=O)c1cc(F)c(F)cc1C(=O)O. The number of carbonyl (C=O) groups excluding carboxylic acids is 2.